The van der Waals surface area contributed by atoms with E-state index in [1.807, 2.05) is 0 Å². The largest absolute Gasteiger partial charge is 0.481 e. The number of aliphatic carboxylic acids is 1. The summed E-state index contributed by atoms with van der Waals surface area (Å²) in [6.07, 6.45) is 23.6. The van der Waals surface area contributed by atoms with Gasteiger partial charge in [-0.2, -0.15) is 0 Å². The highest BCUT2D eigenvalue weighted by Crippen LogP contribution is 2.13. The van der Waals surface area contributed by atoms with Gasteiger partial charge in [-0.05, 0) is 6.42 Å². The maximum Gasteiger partial charge on any atom is 0.303 e. The van der Waals surface area contributed by atoms with Gasteiger partial charge < -0.3 is 20.1 Å². The second kappa shape index (κ2) is 36.2. The van der Waals surface area contributed by atoms with Crippen LogP contribution in [0.2, 0.25) is 0 Å². The van der Waals surface area contributed by atoms with Crippen LogP contribution < -0.4 is 0 Å². The monoisotopic (exact) mass is 444 g/mol. The third-order valence-electron chi connectivity index (χ3n) is 4.57. The van der Waals surface area contributed by atoms with Gasteiger partial charge >= 0.3 is 5.97 Å². The van der Waals surface area contributed by atoms with Crippen LogP contribution in [0.5, 0.6) is 0 Å². The van der Waals surface area contributed by atoms with E-state index in [9.17, 15) is 4.79 Å². The van der Waals surface area contributed by atoms with Gasteiger partial charge in [0, 0.05) is 6.42 Å². The maximum absolute atomic E-state index is 10.3. The van der Waals surface area contributed by atoms with Crippen LogP contribution >= 0.6 is 0 Å². The number of rotatable bonds is 21. The molecule has 31 heavy (non-hydrogen) atoms. The molecule has 3 N–H and O–H groups in total. The minimum atomic E-state index is -0.653. The number of aliphatic hydroxyl groups excluding tert-OH is 2. The number of hydrogen-bond acceptors (Lipinski definition) is 4. The molecule has 5 heteroatoms. The number of carboxylic acids is 1. The number of carboxylic acid groups (broad SMARTS) is 1. The van der Waals surface area contributed by atoms with E-state index >= 15 is 0 Å². The quantitative estimate of drug-likeness (QED) is 0.136. The van der Waals surface area contributed by atoms with Gasteiger partial charge in [0.25, 0.3) is 0 Å². The van der Waals surface area contributed by atoms with Gasteiger partial charge in [-0.1, -0.05) is 109 Å². The molecule has 0 saturated heterocycles. The predicted molar refractivity (Wildman–Crippen MR) is 133 cm³/mol. The first-order valence-electron chi connectivity index (χ1n) is 12.3. The van der Waals surface area contributed by atoms with Crippen LogP contribution in [0, 0.1) is 0 Å². The van der Waals surface area contributed by atoms with Crippen molar-refractivity contribution in [1.29, 1.82) is 0 Å². The SMILES string of the molecule is C=CCOCC=C.CCCCCCCCCCCCCCCCCC(=O)O.OCCO. The Bertz CT molecular complexity index is 335. The summed E-state index contributed by atoms with van der Waals surface area (Å²) in [4.78, 5) is 10.3. The predicted octanol–water partition coefficient (Wildman–Crippen LogP) is 6.68. The molecular formula is C26H52O5. The number of hydrogen-bond donors (Lipinski definition) is 3. The molecule has 186 valence electrons. The summed E-state index contributed by atoms with van der Waals surface area (Å²) in [5.74, 6) is -0.653. The average Bonchev–Trinajstić information content (AvgIpc) is 2.77. The molecule has 0 amide bonds. The Labute approximate surface area is 192 Å². The van der Waals surface area contributed by atoms with E-state index in [2.05, 4.69) is 20.1 Å². The van der Waals surface area contributed by atoms with Crippen molar-refractivity contribution in [3.05, 3.63) is 25.3 Å². The molecule has 0 heterocycles. The fraction of sp³-hybridized carbons (Fsp3) is 0.808. The molecule has 0 rings (SSSR count). The summed E-state index contributed by atoms with van der Waals surface area (Å²) in [5.41, 5.74) is 0. The Kier molecular flexibility index (Phi) is 40.2. The molecule has 0 aromatic rings. The zero-order valence-corrected chi connectivity index (χ0v) is 20.4. The average molecular weight is 445 g/mol. The molecule has 0 fully saturated rings. The van der Waals surface area contributed by atoms with Crippen molar-refractivity contribution in [2.24, 2.45) is 0 Å². The molecule has 0 aromatic heterocycles. The minimum absolute atomic E-state index is 0.125. The van der Waals surface area contributed by atoms with Crippen molar-refractivity contribution < 1.29 is 24.9 Å². The van der Waals surface area contributed by atoms with Crippen LogP contribution in [0.1, 0.15) is 110 Å². The molecule has 0 aromatic carbocycles. The highest BCUT2D eigenvalue weighted by molar-refractivity contribution is 5.66. The zero-order valence-electron chi connectivity index (χ0n) is 20.4. The van der Waals surface area contributed by atoms with E-state index in [0.717, 1.165) is 12.8 Å². The number of carbonyl (C=O) groups is 1. The smallest absolute Gasteiger partial charge is 0.303 e. The van der Waals surface area contributed by atoms with Gasteiger partial charge in [-0.25, -0.2) is 0 Å². The highest BCUT2D eigenvalue weighted by Gasteiger charge is 1.97. The molecule has 0 unspecified atom stereocenters. The standard InChI is InChI=1S/C18H36O2.C6H10O.C2H6O2/c1-2-3-4-5-6-7-8-9-10-11-12-13-14-15-16-17-18(19)20;1-3-5-7-6-4-2;3-1-2-4/h2-17H2,1H3,(H,19,20);3-4H,1-2,5-6H2;3-4H,1-2H2. The number of aliphatic hydroxyl groups is 2. The Morgan fingerprint density at radius 3 is 1.26 bits per heavy atom. The molecule has 0 aliphatic rings. The Hall–Kier alpha value is -1.17. The third-order valence-corrected chi connectivity index (χ3v) is 4.57. The van der Waals surface area contributed by atoms with E-state index in [1.54, 1.807) is 12.2 Å². The van der Waals surface area contributed by atoms with Crippen LogP contribution in [0.3, 0.4) is 0 Å². The van der Waals surface area contributed by atoms with Crippen LogP contribution in [0.15, 0.2) is 25.3 Å². The zero-order chi connectivity index (χ0) is 23.8. The van der Waals surface area contributed by atoms with Crippen molar-refractivity contribution in [2.45, 2.75) is 110 Å². The van der Waals surface area contributed by atoms with Crippen molar-refractivity contribution in [1.82, 2.24) is 0 Å². The van der Waals surface area contributed by atoms with Crippen molar-refractivity contribution >= 4 is 5.97 Å². The van der Waals surface area contributed by atoms with Crippen LogP contribution in [0.4, 0.5) is 0 Å². The van der Waals surface area contributed by atoms with E-state index < -0.39 is 5.97 Å². The van der Waals surface area contributed by atoms with Crippen LogP contribution in [-0.2, 0) is 9.53 Å². The second-order valence-corrected chi connectivity index (χ2v) is 7.66. The number of ether oxygens (including phenoxy) is 1. The number of unbranched alkanes of at least 4 members (excludes halogenated alkanes) is 14. The lowest BCUT2D eigenvalue weighted by Crippen LogP contribution is -1.93. The normalized spacial score (nSPS) is 9.77. The Morgan fingerprint density at radius 2 is 1.00 bits per heavy atom. The van der Waals surface area contributed by atoms with Crippen molar-refractivity contribution in [2.75, 3.05) is 26.4 Å². The summed E-state index contributed by atoms with van der Waals surface area (Å²) in [6.45, 7) is 10.2. The molecule has 0 aliphatic carbocycles. The fourth-order valence-corrected chi connectivity index (χ4v) is 2.88. The lowest BCUT2D eigenvalue weighted by atomic mass is 10.0. The summed E-state index contributed by atoms with van der Waals surface area (Å²) < 4.78 is 4.90. The van der Waals surface area contributed by atoms with Gasteiger partial charge in [0.1, 0.15) is 0 Å². The molecule has 0 radical (unpaired) electrons. The van der Waals surface area contributed by atoms with E-state index in [4.69, 9.17) is 20.1 Å². The summed E-state index contributed by atoms with van der Waals surface area (Å²) >= 11 is 0. The van der Waals surface area contributed by atoms with Gasteiger partial charge in [-0.15, -0.1) is 13.2 Å². The van der Waals surface area contributed by atoms with E-state index in [-0.39, 0.29) is 13.2 Å². The molecule has 0 spiro atoms. The molecular weight excluding hydrogens is 392 g/mol. The Morgan fingerprint density at radius 1 is 0.677 bits per heavy atom. The van der Waals surface area contributed by atoms with Crippen molar-refractivity contribution in [3.63, 3.8) is 0 Å². The highest BCUT2D eigenvalue weighted by atomic mass is 16.5. The molecule has 0 saturated carbocycles. The van der Waals surface area contributed by atoms with E-state index in [0.29, 0.717) is 19.6 Å². The summed E-state index contributed by atoms with van der Waals surface area (Å²) in [5, 5.41) is 23.8. The summed E-state index contributed by atoms with van der Waals surface area (Å²) in [6, 6.07) is 0. The molecule has 0 bridgehead atoms. The molecule has 0 atom stereocenters. The first-order valence-corrected chi connectivity index (χ1v) is 12.3. The van der Waals surface area contributed by atoms with Crippen LogP contribution in [-0.4, -0.2) is 47.7 Å². The lowest BCUT2D eigenvalue weighted by Gasteiger charge is -2.03. The molecule has 0 aliphatic heterocycles. The first kappa shape index (κ1) is 34.4. The maximum atomic E-state index is 10.3. The summed E-state index contributed by atoms with van der Waals surface area (Å²) in [7, 11) is 0. The first-order chi connectivity index (χ1) is 15.1. The van der Waals surface area contributed by atoms with Gasteiger partial charge in [0.15, 0.2) is 0 Å². The molecule has 5 nitrogen and oxygen atoms in total. The Balaban J connectivity index is -0.000000585. The van der Waals surface area contributed by atoms with Gasteiger partial charge in [0.2, 0.25) is 0 Å². The fourth-order valence-electron chi connectivity index (χ4n) is 2.88. The van der Waals surface area contributed by atoms with E-state index in [1.165, 1.54) is 83.5 Å². The van der Waals surface area contributed by atoms with Crippen molar-refractivity contribution in [3.8, 4) is 0 Å². The lowest BCUT2D eigenvalue weighted by molar-refractivity contribution is -0.137. The van der Waals surface area contributed by atoms with Gasteiger partial charge in [0.05, 0.1) is 26.4 Å². The topological polar surface area (TPSA) is 87.0 Å². The van der Waals surface area contributed by atoms with Crippen LogP contribution in [0.25, 0.3) is 0 Å². The van der Waals surface area contributed by atoms with Gasteiger partial charge in [-0.3, -0.25) is 4.79 Å². The second-order valence-electron chi connectivity index (χ2n) is 7.66. The minimum Gasteiger partial charge on any atom is -0.481 e. The third kappa shape index (κ3) is 47.8.